The number of phosphoric ester groups is 1. The minimum Gasteiger partial charge on any atom is -0.491 e. The van der Waals surface area contributed by atoms with E-state index in [0.717, 1.165) is 62.1 Å². The maximum absolute atomic E-state index is 12.8. The Morgan fingerprint density at radius 1 is 0.670 bits per heavy atom. The number of ether oxygens (including phenoxy) is 8. The number of nitrogens with zero attached hydrogens (tertiary/aromatic N) is 10. The highest BCUT2D eigenvalue weighted by Gasteiger charge is 2.44. The summed E-state index contributed by atoms with van der Waals surface area (Å²) in [5.41, 5.74) is 25.3. The molecule has 7 atom stereocenters. The van der Waals surface area contributed by atoms with Gasteiger partial charge in [-0.2, -0.15) is 8.62 Å². The highest BCUT2D eigenvalue weighted by atomic mass is 31.3. The third kappa shape index (κ3) is 44.5. The Hall–Kier alpha value is -8.80. The van der Waals surface area contributed by atoms with Crippen LogP contribution in [0.5, 0.6) is 11.5 Å². The van der Waals surface area contributed by atoms with Gasteiger partial charge in [-0.3, -0.25) is 42.8 Å². The monoisotopic (exact) mass is 1600 g/mol. The first-order valence-electron chi connectivity index (χ1n) is 33.9. The van der Waals surface area contributed by atoms with Gasteiger partial charge in [0.1, 0.15) is 62.6 Å². The van der Waals surface area contributed by atoms with E-state index in [1.54, 1.807) is 36.4 Å². The van der Waals surface area contributed by atoms with E-state index in [9.17, 15) is 61.8 Å². The normalized spacial score (nSPS) is 15.6. The van der Waals surface area contributed by atoms with Crippen molar-refractivity contribution in [3.63, 3.8) is 0 Å². The third-order valence-corrected chi connectivity index (χ3v) is 18.1. The lowest BCUT2D eigenvalue weighted by atomic mass is 9.89. The molecule has 7 unspecified atom stereocenters. The van der Waals surface area contributed by atoms with E-state index in [4.69, 9.17) is 69.4 Å². The number of aliphatic carboxylic acids is 1. The predicted molar refractivity (Wildman–Crippen MR) is 385 cm³/mol. The summed E-state index contributed by atoms with van der Waals surface area (Å²) in [6, 6.07) is 12.7. The minimum atomic E-state index is -5.85. The molecule has 3 aromatic rings. The summed E-state index contributed by atoms with van der Waals surface area (Å²) in [7, 11) is -17.1. The number of hydrogen-bond donors (Lipinski definition) is 11. The second-order valence-corrected chi connectivity index (χ2v) is 30.2. The number of aromatic amines is 1. The Kier molecular flexibility index (Phi) is 43.4. The SMILES string of the molecule is CC(C)(C)CCCCCC(=O)NCCNC(=O)c1cccc(OCC(N=[N+]=[N-])OCCOCC(=O)NCC#Cc2cn(C3CC(OCN=[N+]=[N-])C(COP(=O)(O)OP(=O)(O)OP(=O)(O)O)O3)c(=O)[nH]c2=O)c1.CC(C)(C)CCCCCC(=O)NCCNC(=O)c1cccc(OCC(N=[N+]=[N-])OCCOCC(=O)O)c1. The van der Waals surface area contributed by atoms with Gasteiger partial charge in [0.25, 0.3) is 17.4 Å². The van der Waals surface area contributed by atoms with Gasteiger partial charge in [0.2, 0.25) is 17.7 Å². The summed E-state index contributed by atoms with van der Waals surface area (Å²) < 4.78 is 90.9. The molecule has 2 heterocycles. The number of carbonyl (C=O) groups is 6. The lowest BCUT2D eigenvalue weighted by Gasteiger charge is -2.20. The van der Waals surface area contributed by atoms with Crippen molar-refractivity contribution in [1.29, 1.82) is 0 Å². The van der Waals surface area contributed by atoms with Gasteiger partial charge in [-0.1, -0.05) is 107 Å². The zero-order chi connectivity index (χ0) is 80.9. The molecule has 0 aliphatic carbocycles. The Morgan fingerprint density at radius 3 is 1.67 bits per heavy atom. The highest BCUT2D eigenvalue weighted by molar-refractivity contribution is 7.66. The number of carboxylic acids is 1. The Balaban J connectivity index is 0.000000698. The molecule has 0 saturated carbocycles. The molecule has 11 N–H and O–H groups in total. The van der Waals surface area contributed by atoms with Crippen molar-refractivity contribution in [3.05, 3.63) is 124 Å². The first-order chi connectivity index (χ1) is 51.5. The average Bonchev–Trinajstić information content (AvgIpc) is 1.68. The number of nitrogens with one attached hydrogen (secondary N) is 6. The number of aromatic nitrogens is 2. The zero-order valence-corrected chi connectivity index (χ0v) is 63.7. The summed E-state index contributed by atoms with van der Waals surface area (Å²) in [5.74, 6) is 3.13. The molecule has 5 amide bonds. The molecular formula is C63H95N16O27P3. The smallest absolute Gasteiger partial charge is 0.490 e. The molecule has 1 saturated heterocycles. The molecule has 4 rings (SSSR count). The first kappa shape index (κ1) is 94.4. The fourth-order valence-electron chi connectivity index (χ4n) is 9.26. The number of azide groups is 3. The van der Waals surface area contributed by atoms with Gasteiger partial charge in [0, 0.05) is 77.5 Å². The van der Waals surface area contributed by atoms with Crippen LogP contribution in [0.1, 0.15) is 145 Å². The molecular weight excluding hydrogens is 1510 g/mol. The third-order valence-electron chi connectivity index (χ3n) is 14.3. The lowest BCUT2D eigenvalue weighted by Crippen LogP contribution is -2.34. The Labute approximate surface area is 626 Å². The Morgan fingerprint density at radius 2 is 1.18 bits per heavy atom. The van der Waals surface area contributed by atoms with E-state index in [0.29, 0.717) is 36.1 Å². The van der Waals surface area contributed by atoms with Gasteiger partial charge >= 0.3 is 35.1 Å². The van der Waals surface area contributed by atoms with Gasteiger partial charge < -0.3 is 89.2 Å². The van der Waals surface area contributed by atoms with Crippen LogP contribution < -0.4 is 47.3 Å². The molecule has 1 fully saturated rings. The van der Waals surface area contributed by atoms with Crippen LogP contribution in [0.2, 0.25) is 0 Å². The summed E-state index contributed by atoms with van der Waals surface area (Å²) in [6.07, 6.45) is 3.72. The number of H-pyrrole nitrogens is 1. The molecule has 0 bridgehead atoms. The quantitative estimate of drug-likeness (QED) is 0.00713. The number of carboxylic acid groups (broad SMARTS) is 1. The largest absolute Gasteiger partial charge is 0.491 e. The average molecular weight is 1600 g/mol. The standard InChI is InChI=1S/C38H56N11O20P3.C25H39N5O7/c1-38(2,3)13-6-4-5-12-31(50)42-15-16-43-35(52)26-9-7-11-28(19-26)64-24-33(46-48-40)63-18-17-62-23-32(51)41-14-8-10-27-21-49(37(54)45-36(27)53)34-20-29(65-25-44-47-39)30(67-34)22-66-71(58,59)69-72(60,61)68-70(55,56)57;1-25(2,3)11-6-4-5-10-21(31)27-12-13-28-24(34)19-8-7-9-20(16-19)37-17-22(29-30-26)36-15-14-35-18-23(32)33/h7,9,11,19,21,29-30,33-34H,4-6,12-18,20,22-25H2,1-3H3,(H,41,51)(H,42,50)(H,43,52)(H,58,59)(H,60,61)(H,45,53,54)(H2,55,56,57);7-9,16,22H,4-6,10-15,17-18H2,1-3H3,(H,27,31)(H,28,34)(H,32,33). The molecule has 0 radical (unpaired) electrons. The van der Waals surface area contributed by atoms with Crippen molar-refractivity contribution in [2.75, 3.05) is 98.9 Å². The van der Waals surface area contributed by atoms with Crippen LogP contribution in [0.4, 0.5) is 0 Å². The van der Waals surface area contributed by atoms with Crippen molar-refractivity contribution in [2.45, 2.75) is 143 Å². The van der Waals surface area contributed by atoms with E-state index in [-0.39, 0.29) is 112 Å². The fourth-order valence-corrected chi connectivity index (χ4v) is 12.3. The number of unbranched alkanes of at least 4 members (excludes halogenated alkanes) is 4. The zero-order valence-electron chi connectivity index (χ0n) is 61.0. The molecule has 0 spiro atoms. The number of hydrogen-bond acceptors (Lipinski definition) is 25. The molecule has 1 aromatic heterocycles. The van der Waals surface area contributed by atoms with E-state index in [1.165, 1.54) is 12.1 Å². The summed E-state index contributed by atoms with van der Waals surface area (Å²) >= 11 is 0. The van der Waals surface area contributed by atoms with Crippen LogP contribution in [0.25, 0.3) is 31.3 Å². The number of amides is 5. The second-order valence-electron chi connectivity index (χ2n) is 25.8. The van der Waals surface area contributed by atoms with Crippen LogP contribution in [0.15, 0.2) is 79.7 Å². The maximum Gasteiger partial charge on any atom is 0.490 e. The maximum atomic E-state index is 12.8. The lowest BCUT2D eigenvalue weighted by molar-refractivity contribution is -0.143. The molecule has 109 heavy (non-hydrogen) atoms. The van der Waals surface area contributed by atoms with E-state index in [1.807, 2.05) is 4.98 Å². The van der Waals surface area contributed by atoms with Crippen LogP contribution in [0.3, 0.4) is 0 Å². The number of carbonyl (C=O) groups excluding carboxylic acids is 5. The first-order valence-corrected chi connectivity index (χ1v) is 38.4. The number of rotatable bonds is 50. The van der Waals surface area contributed by atoms with Crippen LogP contribution in [-0.2, 0) is 74.4 Å². The number of phosphoric acid groups is 3. The van der Waals surface area contributed by atoms with E-state index >= 15 is 0 Å². The van der Waals surface area contributed by atoms with Gasteiger partial charge in [-0.15, -0.1) is 0 Å². The van der Waals surface area contributed by atoms with Crippen LogP contribution in [-0.4, -0.2) is 193 Å². The predicted octanol–water partition coefficient (Wildman–Crippen LogP) is 6.54. The van der Waals surface area contributed by atoms with Gasteiger partial charge in [0.05, 0.1) is 45.7 Å². The van der Waals surface area contributed by atoms with Crippen molar-refractivity contribution in [2.24, 2.45) is 26.2 Å². The van der Waals surface area contributed by atoms with Gasteiger partial charge in [0.15, 0.2) is 12.5 Å². The highest BCUT2D eigenvalue weighted by Crippen LogP contribution is 2.66. The van der Waals surface area contributed by atoms with Gasteiger partial charge in [-0.25, -0.2) is 23.3 Å². The summed E-state index contributed by atoms with van der Waals surface area (Å²) in [4.78, 5) is 144. The molecule has 1 aliphatic heterocycles. The van der Waals surface area contributed by atoms with Gasteiger partial charge in [-0.05, 0) is 89.5 Å². The fraction of sp³-hybridized carbons (Fsp3) is 0.619. The van der Waals surface area contributed by atoms with Crippen molar-refractivity contribution >= 4 is 59.0 Å². The molecule has 43 nitrogen and oxygen atoms in total. The molecule has 46 heteroatoms. The summed E-state index contributed by atoms with van der Waals surface area (Å²) in [5, 5.41) is 32.3. The van der Waals surface area contributed by atoms with E-state index in [2.05, 4.69) is 123 Å². The topological polar surface area (TPSA) is 618 Å². The summed E-state index contributed by atoms with van der Waals surface area (Å²) in [6.45, 7) is 10.9. The molecule has 1 aliphatic rings. The van der Waals surface area contributed by atoms with Crippen molar-refractivity contribution < 1.29 is 118 Å². The van der Waals surface area contributed by atoms with Crippen molar-refractivity contribution in [1.82, 2.24) is 36.1 Å². The number of benzene rings is 2. The van der Waals surface area contributed by atoms with Crippen LogP contribution in [0, 0.1) is 22.7 Å². The second kappa shape index (κ2) is 50.1. The Bertz CT molecular complexity index is 3920. The molecule has 2 aromatic carbocycles. The van der Waals surface area contributed by atoms with Crippen molar-refractivity contribution in [3.8, 4) is 23.3 Å². The van der Waals surface area contributed by atoms with Crippen LogP contribution >= 0.6 is 23.5 Å². The molecule has 604 valence electrons. The minimum absolute atomic E-state index is 0.0104. The van der Waals surface area contributed by atoms with E-state index < -0.39 is 110 Å².